The lowest BCUT2D eigenvalue weighted by Crippen LogP contribution is -2.36. The molecule has 2 atom stereocenters. The zero-order valence-electron chi connectivity index (χ0n) is 15.8. The Kier molecular flexibility index (Phi) is 5.39. The fraction of sp³-hybridized carbons (Fsp3) is 0.273. The Labute approximate surface area is 169 Å². The predicted octanol–water partition coefficient (Wildman–Crippen LogP) is 3.94. The van der Waals surface area contributed by atoms with Crippen molar-refractivity contribution in [3.63, 3.8) is 0 Å². The summed E-state index contributed by atoms with van der Waals surface area (Å²) >= 11 is 1.38. The van der Waals surface area contributed by atoms with Gasteiger partial charge in [-0.2, -0.15) is 0 Å². The quantitative estimate of drug-likeness (QED) is 0.510. The zero-order chi connectivity index (χ0) is 19.5. The fourth-order valence-electron chi connectivity index (χ4n) is 3.62. The number of aryl methyl sites for hydroxylation is 1. The number of nitrogen functional groups attached to an aromatic ring is 1. The average Bonchev–Trinajstić information content (AvgIpc) is 3.09. The first-order chi connectivity index (χ1) is 13.6. The number of aromatic nitrogens is 2. The standard InChI is InChI=1S/C22H24N4OS/c1-15(21(27)24-19-13-7-11-16-8-5-6-12-18(16)19)28-22-25-20(14-26(22)23)17-9-3-2-4-10-17/h2-6,8-10,12,14-15,19H,7,11,13,23H2,1H3,(H,24,27)/t15-,19-/m1/s1. The second-order valence-corrected chi connectivity index (χ2v) is 8.40. The zero-order valence-corrected chi connectivity index (χ0v) is 16.7. The van der Waals surface area contributed by atoms with Crippen molar-refractivity contribution in [1.29, 1.82) is 0 Å². The summed E-state index contributed by atoms with van der Waals surface area (Å²) in [6.07, 6.45) is 4.94. The highest BCUT2D eigenvalue weighted by molar-refractivity contribution is 8.00. The number of benzene rings is 2. The van der Waals surface area contributed by atoms with E-state index in [0.717, 1.165) is 30.5 Å². The minimum absolute atomic E-state index is 0.0102. The van der Waals surface area contributed by atoms with E-state index >= 15 is 0 Å². The molecule has 5 nitrogen and oxygen atoms in total. The molecule has 3 N–H and O–H groups in total. The number of nitrogens with one attached hydrogen (secondary N) is 1. The summed E-state index contributed by atoms with van der Waals surface area (Å²) in [6.45, 7) is 1.89. The third-order valence-electron chi connectivity index (χ3n) is 5.11. The second-order valence-electron chi connectivity index (χ2n) is 7.09. The summed E-state index contributed by atoms with van der Waals surface area (Å²) in [5.41, 5.74) is 4.39. The molecule has 0 bridgehead atoms. The highest BCUT2D eigenvalue weighted by Crippen LogP contribution is 2.31. The van der Waals surface area contributed by atoms with E-state index in [2.05, 4.69) is 28.5 Å². The van der Waals surface area contributed by atoms with E-state index in [1.807, 2.05) is 43.3 Å². The number of nitrogens with two attached hydrogens (primary N) is 1. The predicted molar refractivity (Wildman–Crippen MR) is 113 cm³/mol. The van der Waals surface area contributed by atoms with E-state index in [1.54, 1.807) is 6.20 Å². The van der Waals surface area contributed by atoms with Crippen molar-refractivity contribution < 1.29 is 4.79 Å². The summed E-state index contributed by atoms with van der Waals surface area (Å²) in [6, 6.07) is 18.3. The molecular weight excluding hydrogens is 368 g/mol. The van der Waals surface area contributed by atoms with E-state index < -0.39 is 0 Å². The van der Waals surface area contributed by atoms with Crippen LogP contribution in [0.2, 0.25) is 0 Å². The SMILES string of the molecule is C[C@@H](Sc1nc(-c2ccccc2)cn1N)C(=O)N[C@@H]1CCCc2ccccc21. The fourth-order valence-corrected chi connectivity index (χ4v) is 4.43. The van der Waals surface area contributed by atoms with Crippen molar-refractivity contribution >= 4 is 17.7 Å². The van der Waals surface area contributed by atoms with Gasteiger partial charge in [0.1, 0.15) is 0 Å². The van der Waals surface area contributed by atoms with E-state index in [-0.39, 0.29) is 17.2 Å². The lowest BCUT2D eigenvalue weighted by Gasteiger charge is -2.27. The number of rotatable bonds is 5. The first-order valence-corrected chi connectivity index (χ1v) is 10.4. The van der Waals surface area contributed by atoms with Gasteiger partial charge in [-0.05, 0) is 37.3 Å². The topological polar surface area (TPSA) is 72.9 Å². The number of hydrogen-bond donors (Lipinski definition) is 2. The van der Waals surface area contributed by atoms with Gasteiger partial charge in [0.25, 0.3) is 0 Å². The Bertz CT molecular complexity index is 970. The van der Waals surface area contributed by atoms with Gasteiger partial charge in [0.2, 0.25) is 5.91 Å². The van der Waals surface area contributed by atoms with Gasteiger partial charge in [-0.3, -0.25) is 4.79 Å². The first-order valence-electron chi connectivity index (χ1n) is 9.56. The van der Waals surface area contributed by atoms with Crippen molar-refractivity contribution in [1.82, 2.24) is 15.0 Å². The molecule has 0 fully saturated rings. The highest BCUT2D eigenvalue weighted by Gasteiger charge is 2.25. The lowest BCUT2D eigenvalue weighted by molar-refractivity contribution is -0.121. The van der Waals surface area contributed by atoms with Crippen molar-refractivity contribution in [3.05, 3.63) is 71.9 Å². The molecule has 28 heavy (non-hydrogen) atoms. The second kappa shape index (κ2) is 8.10. The van der Waals surface area contributed by atoms with Gasteiger partial charge >= 0.3 is 0 Å². The third kappa shape index (κ3) is 3.92. The van der Waals surface area contributed by atoms with Gasteiger partial charge in [-0.25, -0.2) is 9.66 Å². The molecule has 1 aliphatic carbocycles. The minimum Gasteiger partial charge on any atom is -0.348 e. The van der Waals surface area contributed by atoms with Crippen molar-refractivity contribution in [3.8, 4) is 11.3 Å². The van der Waals surface area contributed by atoms with Crippen molar-refractivity contribution in [2.75, 3.05) is 5.84 Å². The van der Waals surface area contributed by atoms with Crippen LogP contribution in [0.4, 0.5) is 0 Å². The van der Waals surface area contributed by atoms with Gasteiger partial charge < -0.3 is 11.2 Å². The molecule has 1 heterocycles. The molecule has 0 saturated carbocycles. The average molecular weight is 393 g/mol. The van der Waals surface area contributed by atoms with Crippen LogP contribution in [0.25, 0.3) is 11.3 Å². The van der Waals surface area contributed by atoms with Crippen LogP contribution in [0.1, 0.15) is 36.9 Å². The van der Waals surface area contributed by atoms with Crippen molar-refractivity contribution in [2.24, 2.45) is 0 Å². The molecular formula is C22H24N4OS. The van der Waals surface area contributed by atoms with Crippen LogP contribution in [0.3, 0.4) is 0 Å². The van der Waals surface area contributed by atoms with Crippen LogP contribution in [0, 0.1) is 0 Å². The number of hydrogen-bond acceptors (Lipinski definition) is 4. The Morgan fingerprint density at radius 3 is 2.79 bits per heavy atom. The van der Waals surface area contributed by atoms with Gasteiger partial charge in [0.15, 0.2) is 5.16 Å². The molecule has 3 aromatic rings. The summed E-state index contributed by atoms with van der Waals surface area (Å²) in [4.78, 5) is 17.4. The number of amides is 1. The molecule has 4 rings (SSSR count). The molecule has 0 unspecified atom stereocenters. The Morgan fingerprint density at radius 1 is 1.21 bits per heavy atom. The Hall–Kier alpha value is -2.73. The number of carbonyl (C=O) groups excluding carboxylic acids is 1. The smallest absolute Gasteiger partial charge is 0.233 e. The number of nitrogens with zero attached hydrogens (tertiary/aromatic N) is 2. The van der Waals surface area contributed by atoms with Crippen LogP contribution in [-0.2, 0) is 11.2 Å². The molecule has 0 spiro atoms. The summed E-state index contributed by atoms with van der Waals surface area (Å²) in [5, 5.41) is 3.56. The first kappa shape index (κ1) is 18.6. The maximum absolute atomic E-state index is 12.8. The summed E-state index contributed by atoms with van der Waals surface area (Å²) in [7, 11) is 0. The van der Waals surface area contributed by atoms with E-state index in [9.17, 15) is 4.79 Å². The van der Waals surface area contributed by atoms with E-state index in [1.165, 1.54) is 27.6 Å². The maximum atomic E-state index is 12.8. The molecule has 0 aliphatic heterocycles. The van der Waals surface area contributed by atoms with Crippen LogP contribution in [0.15, 0.2) is 66.0 Å². The van der Waals surface area contributed by atoms with Crippen molar-refractivity contribution in [2.45, 2.75) is 42.6 Å². The van der Waals surface area contributed by atoms with Crippen LogP contribution in [-0.4, -0.2) is 20.8 Å². The molecule has 144 valence electrons. The minimum atomic E-state index is -0.289. The molecule has 2 aromatic carbocycles. The lowest BCUT2D eigenvalue weighted by atomic mass is 9.88. The largest absolute Gasteiger partial charge is 0.348 e. The van der Waals surface area contributed by atoms with E-state index in [4.69, 9.17) is 5.84 Å². The molecule has 6 heteroatoms. The van der Waals surface area contributed by atoms with Gasteiger partial charge in [-0.15, -0.1) is 0 Å². The number of carbonyl (C=O) groups is 1. The number of thioether (sulfide) groups is 1. The Balaban J connectivity index is 1.44. The van der Waals surface area contributed by atoms with Crippen LogP contribution < -0.4 is 11.2 Å². The maximum Gasteiger partial charge on any atom is 0.233 e. The highest BCUT2D eigenvalue weighted by atomic mass is 32.2. The molecule has 1 aromatic heterocycles. The van der Waals surface area contributed by atoms with E-state index in [0.29, 0.717) is 5.16 Å². The van der Waals surface area contributed by atoms with Crippen LogP contribution in [0.5, 0.6) is 0 Å². The number of imidazole rings is 1. The molecule has 0 radical (unpaired) electrons. The molecule has 1 amide bonds. The van der Waals surface area contributed by atoms with Gasteiger partial charge in [-0.1, -0.05) is 66.4 Å². The summed E-state index contributed by atoms with van der Waals surface area (Å²) in [5.74, 6) is 6.09. The third-order valence-corrected chi connectivity index (χ3v) is 6.19. The van der Waals surface area contributed by atoms with Crippen LogP contribution >= 0.6 is 11.8 Å². The monoisotopic (exact) mass is 392 g/mol. The normalized spacial score (nSPS) is 17.0. The number of fused-ring (bicyclic) bond motifs is 1. The molecule has 0 saturated heterocycles. The Morgan fingerprint density at radius 2 is 1.96 bits per heavy atom. The van der Waals surface area contributed by atoms with Gasteiger partial charge in [0, 0.05) is 5.56 Å². The van der Waals surface area contributed by atoms with Gasteiger partial charge in [0.05, 0.1) is 23.2 Å². The molecule has 1 aliphatic rings. The summed E-state index contributed by atoms with van der Waals surface area (Å²) < 4.78 is 1.49.